The van der Waals surface area contributed by atoms with Crippen LogP contribution < -0.4 is 11.1 Å². The van der Waals surface area contributed by atoms with E-state index in [1.54, 1.807) is 0 Å². The van der Waals surface area contributed by atoms with Gasteiger partial charge in [0.2, 0.25) is 0 Å². The molecule has 112 valence electrons. The van der Waals surface area contributed by atoms with Crippen molar-refractivity contribution in [3.05, 3.63) is 23.8 Å². The van der Waals surface area contributed by atoms with Crippen LogP contribution in [0.1, 0.15) is 16.8 Å². The number of sulfone groups is 1. The van der Waals surface area contributed by atoms with Crippen molar-refractivity contribution in [1.29, 1.82) is 0 Å². The topological polar surface area (TPSA) is 92.5 Å². The van der Waals surface area contributed by atoms with Gasteiger partial charge in [-0.1, -0.05) is 0 Å². The van der Waals surface area contributed by atoms with E-state index < -0.39 is 9.84 Å². The normalized spacial score (nSPS) is 11.6. The van der Waals surface area contributed by atoms with E-state index >= 15 is 0 Å². The van der Waals surface area contributed by atoms with Crippen LogP contribution in [-0.2, 0) is 9.84 Å². The number of amides is 1. The second kappa shape index (κ2) is 6.71. The lowest BCUT2D eigenvalue weighted by molar-refractivity contribution is 0.0952. The molecule has 0 radical (unpaired) electrons. The van der Waals surface area contributed by atoms with E-state index in [1.165, 1.54) is 18.2 Å². The van der Waals surface area contributed by atoms with Crippen LogP contribution in [0.2, 0.25) is 0 Å². The Bertz CT molecular complexity index is 583. The molecule has 6 nitrogen and oxygen atoms in total. The molecule has 0 saturated heterocycles. The van der Waals surface area contributed by atoms with Crippen molar-refractivity contribution < 1.29 is 13.2 Å². The van der Waals surface area contributed by atoms with Crippen molar-refractivity contribution in [2.24, 2.45) is 0 Å². The first-order chi connectivity index (χ1) is 9.20. The second-order valence-corrected chi connectivity index (χ2v) is 6.99. The maximum Gasteiger partial charge on any atom is 0.251 e. The lowest BCUT2D eigenvalue weighted by atomic mass is 10.2. The Morgan fingerprint density at radius 3 is 2.50 bits per heavy atom. The third kappa shape index (κ3) is 5.18. The number of hydrogen-bond acceptors (Lipinski definition) is 5. The van der Waals surface area contributed by atoms with Crippen LogP contribution in [0.15, 0.2) is 23.1 Å². The smallest absolute Gasteiger partial charge is 0.251 e. The van der Waals surface area contributed by atoms with Gasteiger partial charge in [0.15, 0.2) is 9.84 Å². The predicted molar refractivity (Wildman–Crippen MR) is 79.5 cm³/mol. The molecule has 1 aromatic carbocycles. The zero-order chi connectivity index (χ0) is 15.3. The van der Waals surface area contributed by atoms with Crippen molar-refractivity contribution >= 4 is 21.4 Å². The van der Waals surface area contributed by atoms with Gasteiger partial charge >= 0.3 is 0 Å². The van der Waals surface area contributed by atoms with Crippen LogP contribution in [0.25, 0.3) is 0 Å². The number of benzene rings is 1. The van der Waals surface area contributed by atoms with E-state index in [9.17, 15) is 13.2 Å². The summed E-state index contributed by atoms with van der Waals surface area (Å²) in [5, 5.41) is 2.74. The number of nitrogens with two attached hydrogens (primary N) is 1. The molecule has 1 rings (SSSR count). The van der Waals surface area contributed by atoms with E-state index in [1.807, 2.05) is 19.0 Å². The number of carbonyl (C=O) groups is 1. The van der Waals surface area contributed by atoms with Crippen LogP contribution >= 0.6 is 0 Å². The monoisotopic (exact) mass is 299 g/mol. The van der Waals surface area contributed by atoms with Crippen molar-refractivity contribution in [2.45, 2.75) is 11.3 Å². The number of carbonyl (C=O) groups excluding carboxylic acids is 1. The van der Waals surface area contributed by atoms with Gasteiger partial charge in [-0.25, -0.2) is 8.42 Å². The quantitative estimate of drug-likeness (QED) is 0.584. The summed E-state index contributed by atoms with van der Waals surface area (Å²) in [6.45, 7) is 1.39. The first kappa shape index (κ1) is 16.5. The molecule has 0 heterocycles. The van der Waals surface area contributed by atoms with E-state index in [4.69, 9.17) is 5.73 Å². The van der Waals surface area contributed by atoms with Gasteiger partial charge in [0, 0.05) is 24.1 Å². The lowest BCUT2D eigenvalue weighted by Gasteiger charge is -2.10. The molecule has 0 atom stereocenters. The van der Waals surface area contributed by atoms with Gasteiger partial charge < -0.3 is 16.0 Å². The average Bonchev–Trinajstić information content (AvgIpc) is 2.32. The maximum absolute atomic E-state index is 11.9. The highest BCUT2D eigenvalue weighted by Crippen LogP contribution is 2.16. The summed E-state index contributed by atoms with van der Waals surface area (Å²) < 4.78 is 23.0. The number of nitrogens with one attached hydrogen (secondary N) is 1. The van der Waals surface area contributed by atoms with Crippen LogP contribution in [0.3, 0.4) is 0 Å². The Morgan fingerprint density at radius 2 is 1.95 bits per heavy atom. The molecule has 0 bridgehead atoms. The molecule has 0 aromatic heterocycles. The zero-order valence-electron chi connectivity index (χ0n) is 12.0. The first-order valence-corrected chi connectivity index (χ1v) is 8.13. The van der Waals surface area contributed by atoms with Crippen molar-refractivity contribution in [3.63, 3.8) is 0 Å². The Hall–Kier alpha value is -1.60. The zero-order valence-corrected chi connectivity index (χ0v) is 12.8. The molecule has 20 heavy (non-hydrogen) atoms. The minimum absolute atomic E-state index is 0.0518. The Morgan fingerprint density at radius 1 is 1.30 bits per heavy atom. The Labute approximate surface area is 119 Å². The van der Waals surface area contributed by atoms with E-state index in [-0.39, 0.29) is 22.1 Å². The summed E-state index contributed by atoms with van der Waals surface area (Å²) >= 11 is 0. The second-order valence-electron chi connectivity index (χ2n) is 4.98. The molecule has 0 fully saturated rings. The lowest BCUT2D eigenvalue weighted by Crippen LogP contribution is -2.27. The molecular weight excluding hydrogens is 278 g/mol. The van der Waals surface area contributed by atoms with E-state index in [0.29, 0.717) is 6.54 Å². The minimum atomic E-state index is -3.38. The van der Waals surface area contributed by atoms with Crippen LogP contribution in [0.5, 0.6) is 0 Å². The standard InChI is InChI=1S/C13H21N3O3S/c1-16(2)6-4-5-15-13(17)10-7-11(14)9-12(8-10)20(3,18)19/h7-9H,4-6,14H2,1-3H3,(H,15,17). The Kier molecular flexibility index (Phi) is 5.52. The molecule has 3 N–H and O–H groups in total. The summed E-state index contributed by atoms with van der Waals surface area (Å²) in [6, 6.07) is 4.15. The number of nitrogen functional groups attached to an aromatic ring is 1. The van der Waals surface area contributed by atoms with Gasteiger partial charge in [-0.05, 0) is 45.3 Å². The number of hydrogen-bond donors (Lipinski definition) is 2. The highest BCUT2D eigenvalue weighted by atomic mass is 32.2. The summed E-state index contributed by atoms with van der Waals surface area (Å²) in [5.74, 6) is -0.319. The summed E-state index contributed by atoms with van der Waals surface area (Å²) in [6.07, 6.45) is 1.90. The average molecular weight is 299 g/mol. The highest BCUT2D eigenvalue weighted by Gasteiger charge is 2.13. The van der Waals surface area contributed by atoms with Crippen LogP contribution in [0.4, 0.5) is 5.69 Å². The number of anilines is 1. The number of rotatable bonds is 6. The molecule has 1 amide bonds. The summed E-state index contributed by atoms with van der Waals surface area (Å²) in [4.78, 5) is 14.0. The maximum atomic E-state index is 11.9. The fraction of sp³-hybridized carbons (Fsp3) is 0.462. The first-order valence-electron chi connectivity index (χ1n) is 6.23. The fourth-order valence-corrected chi connectivity index (χ4v) is 2.36. The molecule has 0 unspecified atom stereocenters. The van der Waals surface area contributed by atoms with Crippen molar-refractivity contribution in [2.75, 3.05) is 39.2 Å². The van der Waals surface area contributed by atoms with Crippen molar-refractivity contribution in [1.82, 2.24) is 10.2 Å². The largest absolute Gasteiger partial charge is 0.399 e. The van der Waals surface area contributed by atoms with Crippen LogP contribution in [0, 0.1) is 0 Å². The number of nitrogens with zero attached hydrogens (tertiary/aromatic N) is 1. The summed E-state index contributed by atoms with van der Waals surface area (Å²) in [5.41, 5.74) is 6.15. The Balaban J connectivity index is 2.76. The molecule has 0 spiro atoms. The fourth-order valence-electron chi connectivity index (χ4n) is 1.67. The van der Waals surface area contributed by atoms with Gasteiger partial charge in [-0.15, -0.1) is 0 Å². The van der Waals surface area contributed by atoms with Gasteiger partial charge in [0.05, 0.1) is 4.90 Å². The van der Waals surface area contributed by atoms with Gasteiger partial charge in [-0.3, -0.25) is 4.79 Å². The molecule has 1 aromatic rings. The third-order valence-corrected chi connectivity index (χ3v) is 3.78. The molecule has 7 heteroatoms. The highest BCUT2D eigenvalue weighted by molar-refractivity contribution is 7.90. The molecule has 0 aliphatic heterocycles. The minimum Gasteiger partial charge on any atom is -0.399 e. The SMILES string of the molecule is CN(C)CCCNC(=O)c1cc(N)cc(S(C)(=O)=O)c1. The van der Waals surface area contributed by atoms with E-state index in [2.05, 4.69) is 5.32 Å². The molecular formula is C13H21N3O3S. The molecule has 0 aliphatic carbocycles. The molecule has 0 aliphatic rings. The van der Waals surface area contributed by atoms with Gasteiger partial charge in [0.25, 0.3) is 5.91 Å². The van der Waals surface area contributed by atoms with Crippen molar-refractivity contribution in [3.8, 4) is 0 Å². The predicted octanol–water partition coefficient (Wildman–Crippen LogP) is 0.354. The van der Waals surface area contributed by atoms with Gasteiger partial charge in [-0.2, -0.15) is 0 Å². The van der Waals surface area contributed by atoms with Crippen LogP contribution in [-0.4, -0.2) is 52.7 Å². The third-order valence-electron chi connectivity index (χ3n) is 2.69. The van der Waals surface area contributed by atoms with E-state index in [0.717, 1.165) is 19.2 Å². The summed E-state index contributed by atoms with van der Waals surface area (Å²) in [7, 11) is 0.528. The van der Waals surface area contributed by atoms with Gasteiger partial charge in [0.1, 0.15) is 0 Å². The molecule has 0 saturated carbocycles.